The fraction of sp³-hybridized carbons (Fsp3) is 0.323. The van der Waals surface area contributed by atoms with Crippen LogP contribution in [0.3, 0.4) is 0 Å². The van der Waals surface area contributed by atoms with E-state index in [1.165, 1.54) is 80.8 Å². The van der Waals surface area contributed by atoms with Crippen LogP contribution in [0.4, 0.5) is 0 Å². The van der Waals surface area contributed by atoms with Crippen LogP contribution in [0, 0.1) is 12.3 Å². The van der Waals surface area contributed by atoms with Gasteiger partial charge >= 0.3 is 0 Å². The van der Waals surface area contributed by atoms with Gasteiger partial charge in [0.15, 0.2) is 6.20 Å². The first-order valence-corrected chi connectivity index (χ1v) is 12.6. The molecule has 1 fully saturated rings. The Hall–Kier alpha value is -2.87. The van der Waals surface area contributed by atoms with Crippen molar-refractivity contribution in [3.63, 3.8) is 0 Å². The Balaban J connectivity index is 1.54. The molecule has 3 aromatic carbocycles. The average Bonchev–Trinajstić information content (AvgIpc) is 3.14. The molecule has 0 N–H and O–H groups in total. The van der Waals surface area contributed by atoms with Crippen molar-refractivity contribution in [3.05, 3.63) is 71.9 Å². The van der Waals surface area contributed by atoms with Gasteiger partial charge in [-0.3, -0.25) is 0 Å². The first-order chi connectivity index (χ1) is 15.9. The standard InChI is InChI=1S/C31H31BN/c1-19-9-10-24-23-7-5-6-8-25(23)32-26-18-22(20-11-14-31(2,3)15-12-20)17-21-13-16-33(4)30(28(21)26)27(19)29(24)32/h5-10,13,16-18,20H,11-12,14-15H2,1-4H3/q+1. The van der Waals surface area contributed by atoms with Gasteiger partial charge in [-0.25, -0.2) is 4.57 Å². The molecule has 0 saturated heterocycles. The van der Waals surface area contributed by atoms with Gasteiger partial charge in [-0.2, -0.15) is 0 Å². The Morgan fingerprint density at radius 1 is 0.909 bits per heavy atom. The molecule has 7 rings (SSSR count). The summed E-state index contributed by atoms with van der Waals surface area (Å²) in [5, 5.41) is 2.88. The summed E-state index contributed by atoms with van der Waals surface area (Å²) in [6.45, 7) is 7.52. The number of benzene rings is 3. The smallest absolute Gasteiger partial charge is 0.200 e. The average molecular weight is 428 g/mol. The molecule has 2 aliphatic heterocycles. The number of fused-ring (bicyclic) bond motifs is 5. The minimum absolute atomic E-state index is 0.350. The monoisotopic (exact) mass is 428 g/mol. The summed E-state index contributed by atoms with van der Waals surface area (Å²) >= 11 is 0. The van der Waals surface area contributed by atoms with Crippen LogP contribution in [0.25, 0.3) is 33.2 Å². The van der Waals surface area contributed by atoms with Crippen molar-refractivity contribution < 1.29 is 4.57 Å². The predicted molar refractivity (Wildman–Crippen MR) is 140 cm³/mol. The molecule has 0 radical (unpaired) electrons. The van der Waals surface area contributed by atoms with Crippen LogP contribution in [0.1, 0.15) is 56.6 Å². The van der Waals surface area contributed by atoms with Gasteiger partial charge in [0.2, 0.25) is 12.4 Å². The van der Waals surface area contributed by atoms with Gasteiger partial charge in [-0.15, -0.1) is 0 Å². The highest BCUT2D eigenvalue weighted by atomic mass is 14.9. The molecule has 162 valence electrons. The minimum atomic E-state index is 0.350. The third kappa shape index (κ3) is 2.64. The number of hydrogen-bond acceptors (Lipinski definition) is 0. The number of nitrogens with zero attached hydrogens (tertiary/aromatic N) is 1. The first-order valence-electron chi connectivity index (χ1n) is 12.6. The van der Waals surface area contributed by atoms with E-state index >= 15 is 0 Å². The molecule has 0 spiro atoms. The largest absolute Gasteiger partial charge is 0.245 e. The third-order valence-electron chi connectivity index (χ3n) is 8.95. The van der Waals surface area contributed by atoms with E-state index in [4.69, 9.17) is 0 Å². The lowest BCUT2D eigenvalue weighted by molar-refractivity contribution is -0.659. The van der Waals surface area contributed by atoms with Crippen LogP contribution < -0.4 is 21.0 Å². The number of hydrogen-bond donors (Lipinski definition) is 0. The van der Waals surface area contributed by atoms with E-state index in [-0.39, 0.29) is 0 Å². The fourth-order valence-corrected chi connectivity index (χ4v) is 7.11. The van der Waals surface area contributed by atoms with Crippen molar-refractivity contribution in [2.75, 3.05) is 0 Å². The van der Waals surface area contributed by atoms with E-state index in [9.17, 15) is 0 Å². The van der Waals surface area contributed by atoms with Gasteiger partial charge < -0.3 is 0 Å². The molecule has 1 aliphatic carbocycles. The molecule has 0 bridgehead atoms. The second-order valence-corrected chi connectivity index (χ2v) is 11.5. The lowest BCUT2D eigenvalue weighted by Crippen LogP contribution is -2.54. The van der Waals surface area contributed by atoms with Gasteiger partial charge in [-0.05, 0) is 77.0 Å². The van der Waals surface area contributed by atoms with Crippen molar-refractivity contribution in [1.82, 2.24) is 0 Å². The molecule has 0 atom stereocenters. The molecule has 1 saturated carbocycles. The van der Waals surface area contributed by atoms with E-state index in [2.05, 4.69) is 93.2 Å². The molecule has 1 nitrogen and oxygen atoms in total. The summed E-state index contributed by atoms with van der Waals surface area (Å²) < 4.78 is 2.36. The minimum Gasteiger partial charge on any atom is -0.200 e. The van der Waals surface area contributed by atoms with Crippen molar-refractivity contribution >= 4 is 33.9 Å². The van der Waals surface area contributed by atoms with Crippen LogP contribution in [-0.2, 0) is 7.05 Å². The molecular weight excluding hydrogens is 397 g/mol. The topological polar surface area (TPSA) is 3.88 Å². The summed E-state index contributed by atoms with van der Waals surface area (Å²) in [6, 6.07) is 21.3. The van der Waals surface area contributed by atoms with Crippen LogP contribution in [0.5, 0.6) is 0 Å². The van der Waals surface area contributed by atoms with E-state index in [1.54, 1.807) is 5.56 Å². The first kappa shape index (κ1) is 19.6. The molecule has 1 aromatic heterocycles. The molecule has 3 heterocycles. The molecular formula is C31H31BN+. The maximum absolute atomic E-state index is 2.61. The maximum Gasteiger partial charge on any atom is 0.245 e. The van der Waals surface area contributed by atoms with Gasteiger partial charge in [0, 0.05) is 17.0 Å². The number of rotatable bonds is 1. The summed E-state index contributed by atoms with van der Waals surface area (Å²) in [7, 11) is 2.22. The van der Waals surface area contributed by atoms with E-state index in [1.807, 2.05) is 0 Å². The normalized spacial score (nSPS) is 17.9. The highest BCUT2D eigenvalue weighted by Gasteiger charge is 2.43. The lowest BCUT2D eigenvalue weighted by Gasteiger charge is -2.35. The van der Waals surface area contributed by atoms with Crippen molar-refractivity contribution in [2.24, 2.45) is 12.5 Å². The highest BCUT2D eigenvalue weighted by Crippen LogP contribution is 2.44. The summed E-state index contributed by atoms with van der Waals surface area (Å²) in [5.41, 5.74) is 13.7. The van der Waals surface area contributed by atoms with Crippen molar-refractivity contribution in [2.45, 2.75) is 52.4 Å². The number of pyridine rings is 1. The molecule has 33 heavy (non-hydrogen) atoms. The van der Waals surface area contributed by atoms with Crippen molar-refractivity contribution in [1.29, 1.82) is 0 Å². The zero-order valence-electron chi connectivity index (χ0n) is 20.2. The molecule has 0 unspecified atom stereocenters. The van der Waals surface area contributed by atoms with Crippen LogP contribution >= 0.6 is 0 Å². The van der Waals surface area contributed by atoms with Gasteiger partial charge in [-0.1, -0.05) is 73.3 Å². The molecule has 0 amide bonds. The Morgan fingerprint density at radius 3 is 2.52 bits per heavy atom. The maximum atomic E-state index is 2.61. The third-order valence-corrected chi connectivity index (χ3v) is 8.95. The lowest BCUT2D eigenvalue weighted by atomic mass is 9.35. The Labute approximate surface area is 197 Å². The van der Waals surface area contributed by atoms with Crippen LogP contribution in [0.2, 0.25) is 0 Å². The number of aromatic nitrogens is 1. The van der Waals surface area contributed by atoms with Gasteiger partial charge in [0.05, 0.1) is 0 Å². The van der Waals surface area contributed by atoms with Gasteiger partial charge in [0.25, 0.3) is 0 Å². The molecule has 2 heteroatoms. The predicted octanol–water partition coefficient (Wildman–Crippen LogP) is 5.13. The second kappa shape index (κ2) is 6.60. The fourth-order valence-electron chi connectivity index (χ4n) is 7.11. The zero-order valence-corrected chi connectivity index (χ0v) is 20.2. The highest BCUT2D eigenvalue weighted by molar-refractivity contribution is 7.01. The summed E-state index contributed by atoms with van der Waals surface area (Å²) in [4.78, 5) is 0. The van der Waals surface area contributed by atoms with Crippen LogP contribution in [0.15, 0.2) is 60.8 Å². The molecule has 4 aromatic rings. The Kier molecular flexibility index (Phi) is 3.92. The molecule has 3 aliphatic rings. The second-order valence-electron chi connectivity index (χ2n) is 11.5. The van der Waals surface area contributed by atoms with E-state index in [0.29, 0.717) is 18.0 Å². The SMILES string of the molecule is Cc1ccc2c3c1-c1c4c(cc(C5CCC(C)(C)CC5)cc4cc[n+]1C)B3c1ccccc1-2. The van der Waals surface area contributed by atoms with E-state index < -0.39 is 0 Å². The van der Waals surface area contributed by atoms with Crippen LogP contribution in [-0.4, -0.2) is 6.71 Å². The van der Waals surface area contributed by atoms with Gasteiger partial charge in [0.1, 0.15) is 7.05 Å². The zero-order chi connectivity index (χ0) is 22.5. The summed E-state index contributed by atoms with van der Waals surface area (Å²) in [5.74, 6) is 0.686. The quantitative estimate of drug-likeness (QED) is 0.252. The number of aryl methyl sites for hydroxylation is 2. The Bertz CT molecular complexity index is 1470. The summed E-state index contributed by atoms with van der Waals surface area (Å²) in [6.07, 6.45) is 7.56. The van der Waals surface area contributed by atoms with Crippen molar-refractivity contribution in [3.8, 4) is 22.4 Å². The van der Waals surface area contributed by atoms with E-state index in [0.717, 1.165) is 0 Å². The Morgan fingerprint density at radius 2 is 1.70 bits per heavy atom.